The lowest BCUT2D eigenvalue weighted by molar-refractivity contribution is -0.0454. The second-order valence-corrected chi connectivity index (χ2v) is 5.55. The van der Waals surface area contributed by atoms with E-state index in [1.165, 1.54) is 0 Å². The van der Waals surface area contributed by atoms with Gasteiger partial charge in [0.2, 0.25) is 0 Å². The van der Waals surface area contributed by atoms with E-state index in [-0.39, 0.29) is 5.92 Å². The van der Waals surface area contributed by atoms with E-state index in [1.807, 2.05) is 52.0 Å². The van der Waals surface area contributed by atoms with Gasteiger partial charge in [-0.1, -0.05) is 26.0 Å². The summed E-state index contributed by atoms with van der Waals surface area (Å²) in [6, 6.07) is 7.57. The number of rotatable bonds is 5. The minimum absolute atomic E-state index is 0.0675. The summed E-state index contributed by atoms with van der Waals surface area (Å²) in [6.07, 6.45) is 0.613. The van der Waals surface area contributed by atoms with Crippen molar-refractivity contribution in [2.45, 2.75) is 45.3 Å². The molecule has 0 aromatic heterocycles. The first-order valence-electron chi connectivity index (χ1n) is 6.41. The quantitative estimate of drug-likeness (QED) is 0.846. The first kappa shape index (κ1) is 15.0. The zero-order chi connectivity index (χ0) is 14.0. The zero-order valence-electron chi connectivity index (χ0n) is 12.0. The molecule has 0 spiro atoms. The molecule has 0 saturated heterocycles. The van der Waals surface area contributed by atoms with Crippen LogP contribution < -0.4 is 10.5 Å². The average Bonchev–Trinajstić information content (AvgIpc) is 2.36. The number of benzene rings is 1. The van der Waals surface area contributed by atoms with Gasteiger partial charge in [-0.05, 0) is 38.0 Å². The molecule has 18 heavy (non-hydrogen) atoms. The van der Waals surface area contributed by atoms with Crippen molar-refractivity contribution in [3.05, 3.63) is 29.8 Å². The van der Waals surface area contributed by atoms with Gasteiger partial charge in [0.25, 0.3) is 0 Å². The van der Waals surface area contributed by atoms with Crippen LogP contribution in [0.25, 0.3) is 0 Å². The van der Waals surface area contributed by atoms with Gasteiger partial charge in [0.05, 0.1) is 12.7 Å². The summed E-state index contributed by atoms with van der Waals surface area (Å²) in [5.74, 6) is 0.684. The molecular formula is C15H25NO2. The maximum absolute atomic E-state index is 11.0. The van der Waals surface area contributed by atoms with Gasteiger partial charge in [-0.2, -0.15) is 0 Å². The van der Waals surface area contributed by atoms with Crippen molar-refractivity contribution in [1.82, 2.24) is 0 Å². The van der Waals surface area contributed by atoms with Crippen molar-refractivity contribution in [2.24, 2.45) is 11.7 Å². The van der Waals surface area contributed by atoms with E-state index in [2.05, 4.69) is 0 Å². The molecule has 0 fully saturated rings. The number of methoxy groups -OCH3 is 1. The van der Waals surface area contributed by atoms with Gasteiger partial charge < -0.3 is 15.6 Å². The van der Waals surface area contributed by atoms with Gasteiger partial charge in [-0.25, -0.2) is 0 Å². The number of hydrogen-bond donors (Lipinski definition) is 2. The summed E-state index contributed by atoms with van der Waals surface area (Å²) < 4.78 is 5.22. The van der Waals surface area contributed by atoms with E-state index in [4.69, 9.17) is 10.5 Å². The minimum Gasteiger partial charge on any atom is -0.497 e. The van der Waals surface area contributed by atoms with Gasteiger partial charge in [0.1, 0.15) is 5.75 Å². The van der Waals surface area contributed by atoms with Crippen LogP contribution in [0.2, 0.25) is 0 Å². The van der Waals surface area contributed by atoms with E-state index in [1.54, 1.807) is 7.11 Å². The number of nitrogens with two attached hydrogens (primary N) is 1. The normalized spacial score (nSPS) is 17.1. The van der Waals surface area contributed by atoms with E-state index in [9.17, 15) is 5.11 Å². The van der Waals surface area contributed by atoms with E-state index in [0.29, 0.717) is 6.42 Å². The molecule has 3 N–H and O–H groups in total. The first-order chi connectivity index (χ1) is 8.25. The molecule has 0 aliphatic carbocycles. The topological polar surface area (TPSA) is 55.5 Å². The van der Waals surface area contributed by atoms with Gasteiger partial charge in [0.15, 0.2) is 0 Å². The Morgan fingerprint density at radius 2 is 2.00 bits per heavy atom. The number of hydrogen-bond acceptors (Lipinski definition) is 3. The number of aliphatic hydroxyl groups is 1. The average molecular weight is 251 g/mol. The third kappa shape index (κ3) is 2.85. The maximum Gasteiger partial charge on any atom is 0.119 e. The molecule has 1 rings (SSSR count). The largest absolute Gasteiger partial charge is 0.497 e. The van der Waals surface area contributed by atoms with Crippen molar-refractivity contribution in [1.29, 1.82) is 0 Å². The molecule has 1 aromatic rings. The second kappa shape index (κ2) is 5.29. The molecule has 0 saturated carbocycles. The van der Waals surface area contributed by atoms with E-state index < -0.39 is 11.1 Å². The van der Waals surface area contributed by atoms with Crippen LogP contribution in [0.1, 0.15) is 39.7 Å². The van der Waals surface area contributed by atoms with Crippen molar-refractivity contribution in [2.75, 3.05) is 7.11 Å². The summed E-state index contributed by atoms with van der Waals surface area (Å²) in [6.45, 7) is 7.85. The molecule has 2 atom stereocenters. The van der Waals surface area contributed by atoms with Crippen LogP contribution in [0.3, 0.4) is 0 Å². The second-order valence-electron chi connectivity index (χ2n) is 5.55. The zero-order valence-corrected chi connectivity index (χ0v) is 12.0. The van der Waals surface area contributed by atoms with Crippen molar-refractivity contribution >= 4 is 0 Å². The highest BCUT2D eigenvalue weighted by molar-refractivity contribution is 5.33. The van der Waals surface area contributed by atoms with E-state index in [0.717, 1.165) is 11.3 Å². The Bertz CT molecular complexity index is 398. The van der Waals surface area contributed by atoms with Crippen molar-refractivity contribution in [3.63, 3.8) is 0 Å². The molecule has 3 nitrogen and oxygen atoms in total. The molecule has 0 amide bonds. The summed E-state index contributed by atoms with van der Waals surface area (Å²) in [5, 5.41) is 11.0. The Morgan fingerprint density at radius 1 is 1.39 bits per heavy atom. The highest BCUT2D eigenvalue weighted by Crippen LogP contribution is 2.38. The highest BCUT2D eigenvalue weighted by atomic mass is 16.5. The Labute approximate surface area is 110 Å². The van der Waals surface area contributed by atoms with Crippen LogP contribution in [0, 0.1) is 5.92 Å². The van der Waals surface area contributed by atoms with Gasteiger partial charge >= 0.3 is 0 Å². The Morgan fingerprint density at radius 3 is 2.44 bits per heavy atom. The van der Waals surface area contributed by atoms with Crippen molar-refractivity contribution < 1.29 is 9.84 Å². The molecule has 0 heterocycles. The predicted molar refractivity (Wildman–Crippen MR) is 74.6 cm³/mol. The molecule has 102 valence electrons. The lowest BCUT2D eigenvalue weighted by Crippen LogP contribution is -2.50. The summed E-state index contributed by atoms with van der Waals surface area (Å²) in [5.41, 5.74) is 5.63. The highest BCUT2D eigenvalue weighted by Gasteiger charge is 2.40. The van der Waals surface area contributed by atoms with Crippen LogP contribution in [-0.4, -0.2) is 17.8 Å². The van der Waals surface area contributed by atoms with E-state index >= 15 is 0 Å². The van der Waals surface area contributed by atoms with Crippen LogP contribution in [-0.2, 0) is 5.60 Å². The standard InChI is InChI=1S/C15H25NO2/c1-6-15(17,11(2)14(3,4)16)12-8-7-9-13(10-12)18-5/h7-11,17H,6,16H2,1-5H3. The maximum atomic E-state index is 11.0. The third-order valence-corrected chi connectivity index (χ3v) is 3.94. The molecule has 0 aliphatic rings. The molecule has 0 radical (unpaired) electrons. The van der Waals surface area contributed by atoms with Crippen LogP contribution >= 0.6 is 0 Å². The molecule has 3 heteroatoms. The van der Waals surface area contributed by atoms with Crippen LogP contribution in [0.4, 0.5) is 0 Å². The van der Waals surface area contributed by atoms with Gasteiger partial charge in [0, 0.05) is 11.5 Å². The Hall–Kier alpha value is -1.06. The molecule has 0 aliphatic heterocycles. The molecule has 2 unspecified atom stereocenters. The summed E-state index contributed by atoms with van der Waals surface area (Å²) in [7, 11) is 1.63. The summed E-state index contributed by atoms with van der Waals surface area (Å²) in [4.78, 5) is 0. The van der Waals surface area contributed by atoms with Gasteiger partial charge in [-0.3, -0.25) is 0 Å². The monoisotopic (exact) mass is 251 g/mol. The predicted octanol–water partition coefficient (Wildman–Crippen LogP) is 2.67. The lowest BCUT2D eigenvalue weighted by atomic mass is 9.71. The fourth-order valence-electron chi connectivity index (χ4n) is 2.27. The van der Waals surface area contributed by atoms with Gasteiger partial charge in [-0.15, -0.1) is 0 Å². The smallest absolute Gasteiger partial charge is 0.119 e. The molecule has 1 aromatic carbocycles. The van der Waals surface area contributed by atoms with Crippen molar-refractivity contribution in [3.8, 4) is 5.75 Å². The Balaban J connectivity index is 3.21. The fourth-order valence-corrected chi connectivity index (χ4v) is 2.27. The number of ether oxygens (including phenoxy) is 1. The van der Waals surface area contributed by atoms with Crippen LogP contribution in [0.15, 0.2) is 24.3 Å². The Kier molecular flexibility index (Phi) is 4.41. The minimum atomic E-state index is -0.938. The first-order valence-corrected chi connectivity index (χ1v) is 6.41. The lowest BCUT2D eigenvalue weighted by Gasteiger charge is -2.41. The third-order valence-electron chi connectivity index (χ3n) is 3.94. The van der Waals surface area contributed by atoms with Crippen LogP contribution in [0.5, 0.6) is 5.75 Å². The molecule has 0 bridgehead atoms. The summed E-state index contributed by atoms with van der Waals surface area (Å²) >= 11 is 0. The fraction of sp³-hybridized carbons (Fsp3) is 0.600. The molecular weight excluding hydrogens is 226 g/mol. The SMILES string of the molecule is CCC(O)(c1cccc(OC)c1)C(C)C(C)(C)N.